The number of carboxylic acids is 1. The third-order valence-corrected chi connectivity index (χ3v) is 6.33. The van der Waals surface area contributed by atoms with Crippen molar-refractivity contribution < 1.29 is 24.2 Å². The average molecular weight is 417 g/mol. The Labute approximate surface area is 177 Å². The van der Waals surface area contributed by atoms with Crippen molar-refractivity contribution in [3.63, 3.8) is 0 Å². The van der Waals surface area contributed by atoms with Crippen LogP contribution in [0.25, 0.3) is 0 Å². The molecule has 1 amide bonds. The number of hydrogen-bond donors (Lipinski definition) is 2. The second-order valence-electron chi connectivity index (χ2n) is 8.31. The minimum atomic E-state index is -0.948. The number of esters is 1. The Balaban J connectivity index is 1.68. The fourth-order valence-corrected chi connectivity index (χ4v) is 4.89. The number of carbonyl (C=O) groups is 3. The molecule has 1 saturated carbocycles. The molecular weight excluding hydrogens is 384 g/mol. The zero-order valence-electron chi connectivity index (χ0n) is 17.8. The van der Waals surface area contributed by atoms with Gasteiger partial charge >= 0.3 is 11.9 Å². The van der Waals surface area contributed by atoms with Crippen molar-refractivity contribution in [2.75, 3.05) is 6.61 Å². The molecule has 1 aliphatic carbocycles. The van der Waals surface area contributed by atoms with Crippen LogP contribution >= 0.6 is 0 Å². The van der Waals surface area contributed by atoms with Gasteiger partial charge in [0.15, 0.2) is 0 Å². The predicted molar refractivity (Wildman–Crippen MR) is 112 cm³/mol. The molecule has 1 aromatic rings. The number of fused-ring (bicyclic) bond motifs is 1. The van der Waals surface area contributed by atoms with E-state index in [1.165, 1.54) is 0 Å². The number of carbonyl (C=O) groups excluding carboxylic acids is 2. The maximum Gasteiger partial charge on any atom is 0.326 e. The third kappa shape index (κ3) is 5.01. The Bertz CT molecular complexity index is 753. The van der Waals surface area contributed by atoms with E-state index in [1.54, 1.807) is 18.7 Å². The Hall–Kier alpha value is -2.41. The summed E-state index contributed by atoms with van der Waals surface area (Å²) in [6.45, 7) is 3.72. The van der Waals surface area contributed by atoms with E-state index in [-0.39, 0.29) is 30.4 Å². The monoisotopic (exact) mass is 416 g/mol. The van der Waals surface area contributed by atoms with Gasteiger partial charge in [0.1, 0.15) is 12.1 Å². The van der Waals surface area contributed by atoms with E-state index in [9.17, 15) is 19.5 Å². The van der Waals surface area contributed by atoms with Gasteiger partial charge in [-0.1, -0.05) is 36.8 Å². The zero-order chi connectivity index (χ0) is 21.7. The maximum atomic E-state index is 13.2. The number of hydrogen-bond acceptors (Lipinski definition) is 5. The molecule has 1 saturated heterocycles. The summed E-state index contributed by atoms with van der Waals surface area (Å²) in [6, 6.07) is 7.76. The molecule has 0 spiro atoms. The van der Waals surface area contributed by atoms with Gasteiger partial charge in [-0.2, -0.15) is 0 Å². The molecule has 0 aromatic heterocycles. The van der Waals surface area contributed by atoms with Crippen LogP contribution in [0.1, 0.15) is 51.5 Å². The second-order valence-corrected chi connectivity index (χ2v) is 8.31. The largest absolute Gasteiger partial charge is 0.480 e. The van der Waals surface area contributed by atoms with E-state index in [4.69, 9.17) is 4.74 Å². The molecular formula is C23H32N2O5. The zero-order valence-corrected chi connectivity index (χ0v) is 17.8. The SMILES string of the molecule is CCOC(=O)[C@H](CCc1ccccc1)N[C@H](C)C(=O)N1[C@@H]2CCC[C@@H]2C[C@H]1C(=O)O. The fraction of sp³-hybridized carbons (Fsp3) is 0.609. The molecule has 1 heterocycles. The minimum Gasteiger partial charge on any atom is -0.480 e. The van der Waals surface area contributed by atoms with Crippen molar-refractivity contribution in [2.24, 2.45) is 5.92 Å². The van der Waals surface area contributed by atoms with E-state index in [1.807, 2.05) is 30.3 Å². The van der Waals surface area contributed by atoms with Gasteiger partial charge in [0.2, 0.25) is 5.91 Å². The number of nitrogens with zero attached hydrogens (tertiary/aromatic N) is 1. The molecule has 0 bridgehead atoms. The number of likely N-dealkylation sites (tertiary alicyclic amines) is 1. The molecule has 2 N–H and O–H groups in total. The quantitative estimate of drug-likeness (QED) is 0.600. The Morgan fingerprint density at radius 3 is 2.63 bits per heavy atom. The lowest BCUT2D eigenvalue weighted by Gasteiger charge is -2.31. The van der Waals surface area contributed by atoms with Crippen molar-refractivity contribution in [1.29, 1.82) is 0 Å². The lowest BCUT2D eigenvalue weighted by atomic mass is 10.0. The van der Waals surface area contributed by atoms with Crippen LogP contribution in [-0.2, 0) is 25.5 Å². The lowest BCUT2D eigenvalue weighted by molar-refractivity contribution is -0.151. The van der Waals surface area contributed by atoms with Crippen molar-refractivity contribution >= 4 is 17.8 Å². The number of rotatable bonds is 9. The highest BCUT2D eigenvalue weighted by atomic mass is 16.5. The molecule has 1 aliphatic heterocycles. The first-order chi connectivity index (χ1) is 14.4. The first-order valence-corrected chi connectivity index (χ1v) is 10.9. The van der Waals surface area contributed by atoms with Gasteiger partial charge in [0.05, 0.1) is 12.6 Å². The minimum absolute atomic E-state index is 0.00629. The Kier molecular flexibility index (Phi) is 7.48. The average Bonchev–Trinajstić information content (AvgIpc) is 3.32. The van der Waals surface area contributed by atoms with Crippen LogP contribution in [0.15, 0.2) is 30.3 Å². The topological polar surface area (TPSA) is 95.9 Å². The normalized spacial score (nSPS) is 24.9. The van der Waals surface area contributed by atoms with Crippen LogP contribution in [0.3, 0.4) is 0 Å². The summed E-state index contributed by atoms with van der Waals surface area (Å²) in [4.78, 5) is 39.1. The van der Waals surface area contributed by atoms with Gasteiger partial charge in [-0.05, 0) is 57.4 Å². The standard InChI is InChI=1S/C23H32N2O5/c1-3-30-23(29)18(13-12-16-8-5-4-6-9-16)24-15(2)21(26)25-19-11-7-10-17(19)14-20(25)22(27)28/h4-6,8-9,15,17-20,24H,3,7,10-14H2,1-2H3,(H,27,28)/t15-,17-,18+,19-,20+/m1/s1. The highest BCUT2D eigenvalue weighted by molar-refractivity contribution is 5.88. The number of nitrogens with one attached hydrogen (secondary N) is 1. The molecule has 5 atom stereocenters. The number of benzene rings is 1. The summed E-state index contributed by atoms with van der Waals surface area (Å²) >= 11 is 0. The van der Waals surface area contributed by atoms with E-state index < -0.39 is 24.1 Å². The summed E-state index contributed by atoms with van der Waals surface area (Å²) in [5.74, 6) is -1.31. The summed E-state index contributed by atoms with van der Waals surface area (Å²) in [7, 11) is 0. The molecule has 7 heteroatoms. The first-order valence-electron chi connectivity index (χ1n) is 10.9. The van der Waals surface area contributed by atoms with Gasteiger partial charge in [0.25, 0.3) is 0 Å². The number of aliphatic carboxylic acids is 1. The van der Waals surface area contributed by atoms with Gasteiger partial charge in [-0.15, -0.1) is 0 Å². The van der Waals surface area contributed by atoms with Crippen LogP contribution in [0.5, 0.6) is 0 Å². The van der Waals surface area contributed by atoms with Crippen LogP contribution in [0.4, 0.5) is 0 Å². The number of carboxylic acid groups (broad SMARTS) is 1. The molecule has 3 rings (SSSR count). The number of amides is 1. The Morgan fingerprint density at radius 1 is 1.23 bits per heavy atom. The maximum absolute atomic E-state index is 13.2. The van der Waals surface area contributed by atoms with Gasteiger partial charge in [-0.25, -0.2) is 4.79 Å². The lowest BCUT2D eigenvalue weighted by Crippen LogP contribution is -2.55. The van der Waals surface area contributed by atoms with E-state index >= 15 is 0 Å². The van der Waals surface area contributed by atoms with Gasteiger partial charge in [-0.3, -0.25) is 14.9 Å². The molecule has 1 aromatic carbocycles. The van der Waals surface area contributed by atoms with Crippen LogP contribution in [0, 0.1) is 5.92 Å². The third-order valence-electron chi connectivity index (χ3n) is 6.33. The second kappa shape index (κ2) is 10.1. The summed E-state index contributed by atoms with van der Waals surface area (Å²) in [6.07, 6.45) is 4.54. The first kappa shape index (κ1) is 22.3. The number of aryl methyl sites for hydroxylation is 1. The molecule has 0 unspecified atom stereocenters. The Morgan fingerprint density at radius 2 is 1.97 bits per heavy atom. The molecule has 0 radical (unpaired) electrons. The van der Waals surface area contributed by atoms with Crippen LogP contribution < -0.4 is 5.32 Å². The fourth-order valence-electron chi connectivity index (χ4n) is 4.89. The van der Waals surface area contributed by atoms with E-state index in [2.05, 4.69) is 5.32 Å². The van der Waals surface area contributed by atoms with Crippen LogP contribution in [-0.4, -0.2) is 58.6 Å². The molecule has 2 fully saturated rings. The highest BCUT2D eigenvalue weighted by Gasteiger charge is 2.49. The van der Waals surface area contributed by atoms with Gasteiger partial charge in [0, 0.05) is 6.04 Å². The van der Waals surface area contributed by atoms with Crippen molar-refractivity contribution in [1.82, 2.24) is 10.2 Å². The smallest absolute Gasteiger partial charge is 0.326 e. The summed E-state index contributed by atoms with van der Waals surface area (Å²) in [5, 5.41) is 12.8. The van der Waals surface area contributed by atoms with Gasteiger partial charge < -0.3 is 14.7 Å². The van der Waals surface area contributed by atoms with Crippen molar-refractivity contribution in [3.8, 4) is 0 Å². The van der Waals surface area contributed by atoms with Crippen LogP contribution in [0.2, 0.25) is 0 Å². The summed E-state index contributed by atoms with van der Waals surface area (Å²) in [5.41, 5.74) is 1.10. The van der Waals surface area contributed by atoms with Crippen molar-refractivity contribution in [2.45, 2.75) is 76.5 Å². The highest BCUT2D eigenvalue weighted by Crippen LogP contribution is 2.41. The summed E-state index contributed by atoms with van der Waals surface area (Å²) < 4.78 is 5.21. The molecule has 30 heavy (non-hydrogen) atoms. The number of ether oxygens (including phenoxy) is 1. The molecule has 164 valence electrons. The predicted octanol–water partition coefficient (Wildman–Crippen LogP) is 2.38. The molecule has 2 aliphatic rings. The van der Waals surface area contributed by atoms with E-state index in [0.29, 0.717) is 19.3 Å². The van der Waals surface area contributed by atoms with E-state index in [0.717, 1.165) is 24.8 Å². The molecule has 7 nitrogen and oxygen atoms in total. The van der Waals surface area contributed by atoms with Crippen molar-refractivity contribution in [3.05, 3.63) is 35.9 Å².